The molecule has 1 aromatic carbocycles. The average molecular weight is 355 g/mol. The summed E-state index contributed by atoms with van der Waals surface area (Å²) < 4.78 is 6.18. The van der Waals surface area contributed by atoms with E-state index < -0.39 is 0 Å². The maximum Gasteiger partial charge on any atom is 0.252 e. The molecule has 2 aromatic rings. The maximum atomic E-state index is 11.6. The Hall–Kier alpha value is -1.24. The predicted octanol–water partition coefficient (Wildman–Crippen LogP) is 3.94. The number of ether oxygens (including phenoxy) is 1. The van der Waals surface area contributed by atoms with Crippen LogP contribution in [-0.2, 0) is 9.53 Å². The number of nitrogens with zero attached hydrogens (tertiary/aromatic N) is 1. The number of hydrogen-bond acceptors (Lipinski definition) is 4. The first kappa shape index (κ1) is 15.2. The monoisotopic (exact) mass is 354 g/mol. The third kappa shape index (κ3) is 4.40. The van der Waals surface area contributed by atoms with Crippen molar-refractivity contribution >= 4 is 38.3 Å². The molecule has 4 nitrogen and oxygen atoms in total. The Kier molecular flexibility index (Phi) is 5.70. The number of rotatable bonds is 6. The maximum absolute atomic E-state index is 11.6. The highest BCUT2D eigenvalue weighted by Gasteiger charge is 2.08. The molecule has 0 saturated heterocycles. The Morgan fingerprint density at radius 3 is 3.10 bits per heavy atom. The second-order valence-electron chi connectivity index (χ2n) is 4.15. The Bertz CT molecular complexity index is 586. The normalized spacial score (nSPS) is 10.5. The van der Waals surface area contributed by atoms with E-state index in [2.05, 4.69) is 26.2 Å². The number of carbonyl (C=O) groups excluding carboxylic acids is 1. The van der Waals surface area contributed by atoms with Crippen LogP contribution in [0.1, 0.15) is 13.3 Å². The third-order valence-corrected chi connectivity index (χ3v) is 3.70. The molecule has 0 bridgehead atoms. The second-order valence-corrected chi connectivity index (χ2v) is 5.92. The molecule has 6 heteroatoms. The van der Waals surface area contributed by atoms with Gasteiger partial charge in [-0.3, -0.25) is 10.1 Å². The van der Waals surface area contributed by atoms with Crippen molar-refractivity contribution in [3.63, 3.8) is 0 Å². The summed E-state index contributed by atoms with van der Waals surface area (Å²) in [5.41, 5.74) is 1.86. The molecule has 1 aromatic heterocycles. The molecule has 1 heterocycles. The number of nitrogens with one attached hydrogen (secondary N) is 1. The molecular formula is C14H15BrN2O2S. The zero-order chi connectivity index (χ0) is 14.4. The molecule has 0 radical (unpaired) electrons. The van der Waals surface area contributed by atoms with Gasteiger partial charge >= 0.3 is 0 Å². The lowest BCUT2D eigenvalue weighted by atomic mass is 10.2. The number of thiazole rings is 1. The Labute approximate surface area is 130 Å². The largest absolute Gasteiger partial charge is 0.372 e. The minimum Gasteiger partial charge on any atom is -0.372 e. The molecule has 0 aliphatic carbocycles. The smallest absolute Gasteiger partial charge is 0.252 e. The first-order valence-electron chi connectivity index (χ1n) is 6.28. The van der Waals surface area contributed by atoms with E-state index in [1.807, 2.05) is 36.6 Å². The Morgan fingerprint density at radius 2 is 2.35 bits per heavy atom. The van der Waals surface area contributed by atoms with Crippen molar-refractivity contribution in [3.05, 3.63) is 34.1 Å². The summed E-state index contributed by atoms with van der Waals surface area (Å²) in [5.74, 6) is -0.173. The Morgan fingerprint density at radius 1 is 1.50 bits per heavy atom. The zero-order valence-electron chi connectivity index (χ0n) is 11.1. The fourth-order valence-corrected chi connectivity index (χ4v) is 2.71. The minimum atomic E-state index is -0.173. The average Bonchev–Trinajstić information content (AvgIpc) is 2.87. The first-order chi connectivity index (χ1) is 9.69. The van der Waals surface area contributed by atoms with Gasteiger partial charge in [-0.25, -0.2) is 4.98 Å². The SMILES string of the molecule is CCCOCC(=O)Nc1nc(-c2cccc(Br)c2)cs1. The fraction of sp³-hybridized carbons (Fsp3) is 0.286. The van der Waals surface area contributed by atoms with Gasteiger partial charge < -0.3 is 4.74 Å². The van der Waals surface area contributed by atoms with Gasteiger partial charge in [0.25, 0.3) is 5.91 Å². The van der Waals surface area contributed by atoms with E-state index >= 15 is 0 Å². The summed E-state index contributed by atoms with van der Waals surface area (Å²) in [4.78, 5) is 16.0. The molecule has 0 unspecified atom stereocenters. The third-order valence-electron chi connectivity index (χ3n) is 2.45. The van der Waals surface area contributed by atoms with Gasteiger partial charge in [-0.1, -0.05) is 35.0 Å². The predicted molar refractivity (Wildman–Crippen MR) is 85.0 cm³/mol. The summed E-state index contributed by atoms with van der Waals surface area (Å²) in [6.45, 7) is 2.66. The van der Waals surface area contributed by atoms with E-state index in [9.17, 15) is 4.79 Å². The van der Waals surface area contributed by atoms with E-state index in [1.165, 1.54) is 11.3 Å². The van der Waals surface area contributed by atoms with E-state index in [0.717, 1.165) is 22.2 Å². The zero-order valence-corrected chi connectivity index (χ0v) is 13.5. The van der Waals surface area contributed by atoms with Crippen LogP contribution in [0, 0.1) is 0 Å². The van der Waals surface area contributed by atoms with Crippen LogP contribution in [0.4, 0.5) is 5.13 Å². The number of benzene rings is 1. The van der Waals surface area contributed by atoms with E-state index in [4.69, 9.17) is 4.74 Å². The van der Waals surface area contributed by atoms with Gasteiger partial charge in [0.2, 0.25) is 0 Å². The molecule has 0 aliphatic heterocycles. The molecule has 106 valence electrons. The van der Waals surface area contributed by atoms with Crippen molar-refractivity contribution < 1.29 is 9.53 Å². The van der Waals surface area contributed by atoms with Crippen LogP contribution < -0.4 is 5.32 Å². The van der Waals surface area contributed by atoms with Gasteiger partial charge in [-0.2, -0.15) is 0 Å². The highest BCUT2D eigenvalue weighted by Crippen LogP contribution is 2.26. The lowest BCUT2D eigenvalue weighted by Crippen LogP contribution is -2.18. The van der Waals surface area contributed by atoms with Crippen molar-refractivity contribution in [1.82, 2.24) is 4.98 Å². The molecule has 1 amide bonds. The standard InChI is InChI=1S/C14H15BrN2O2S/c1-2-6-19-8-13(18)17-14-16-12(9-20-14)10-4-3-5-11(15)7-10/h3-5,7,9H,2,6,8H2,1H3,(H,16,17,18). The molecule has 0 fully saturated rings. The van der Waals surface area contributed by atoms with E-state index in [0.29, 0.717) is 11.7 Å². The highest BCUT2D eigenvalue weighted by atomic mass is 79.9. The van der Waals surface area contributed by atoms with Crippen molar-refractivity contribution in [2.24, 2.45) is 0 Å². The van der Waals surface area contributed by atoms with Gasteiger partial charge in [0.05, 0.1) is 5.69 Å². The van der Waals surface area contributed by atoms with Crippen LogP contribution in [0.15, 0.2) is 34.1 Å². The number of anilines is 1. The van der Waals surface area contributed by atoms with E-state index in [1.54, 1.807) is 0 Å². The number of amides is 1. The summed E-state index contributed by atoms with van der Waals surface area (Å²) in [6, 6.07) is 7.89. The van der Waals surface area contributed by atoms with Crippen LogP contribution in [0.5, 0.6) is 0 Å². The van der Waals surface area contributed by atoms with Crippen LogP contribution in [-0.4, -0.2) is 24.1 Å². The molecule has 0 atom stereocenters. The molecule has 0 saturated carbocycles. The van der Waals surface area contributed by atoms with Crippen LogP contribution >= 0.6 is 27.3 Å². The quantitative estimate of drug-likeness (QED) is 0.799. The van der Waals surface area contributed by atoms with Crippen molar-refractivity contribution in [2.75, 3.05) is 18.5 Å². The summed E-state index contributed by atoms with van der Waals surface area (Å²) in [5, 5.41) is 5.25. The summed E-state index contributed by atoms with van der Waals surface area (Å²) in [7, 11) is 0. The number of halogens is 1. The summed E-state index contributed by atoms with van der Waals surface area (Å²) >= 11 is 4.83. The lowest BCUT2D eigenvalue weighted by Gasteiger charge is -2.02. The molecule has 20 heavy (non-hydrogen) atoms. The summed E-state index contributed by atoms with van der Waals surface area (Å²) in [6.07, 6.45) is 0.900. The molecule has 0 spiro atoms. The van der Waals surface area contributed by atoms with Gasteiger partial charge in [0.1, 0.15) is 6.61 Å². The van der Waals surface area contributed by atoms with Crippen molar-refractivity contribution in [1.29, 1.82) is 0 Å². The molecular weight excluding hydrogens is 340 g/mol. The highest BCUT2D eigenvalue weighted by molar-refractivity contribution is 9.10. The molecule has 0 aliphatic rings. The lowest BCUT2D eigenvalue weighted by molar-refractivity contribution is -0.120. The van der Waals surface area contributed by atoms with Gasteiger partial charge in [0, 0.05) is 22.0 Å². The number of carbonyl (C=O) groups is 1. The van der Waals surface area contributed by atoms with Gasteiger partial charge in [0.15, 0.2) is 5.13 Å². The number of aromatic nitrogens is 1. The molecule has 2 rings (SSSR count). The fourth-order valence-electron chi connectivity index (χ4n) is 1.58. The van der Waals surface area contributed by atoms with Crippen LogP contribution in [0.2, 0.25) is 0 Å². The second kappa shape index (κ2) is 7.52. The topological polar surface area (TPSA) is 51.2 Å². The van der Waals surface area contributed by atoms with Gasteiger partial charge in [-0.05, 0) is 18.6 Å². The first-order valence-corrected chi connectivity index (χ1v) is 7.95. The van der Waals surface area contributed by atoms with Crippen LogP contribution in [0.3, 0.4) is 0 Å². The van der Waals surface area contributed by atoms with Gasteiger partial charge in [-0.15, -0.1) is 11.3 Å². The van der Waals surface area contributed by atoms with Crippen molar-refractivity contribution in [2.45, 2.75) is 13.3 Å². The van der Waals surface area contributed by atoms with Crippen LogP contribution in [0.25, 0.3) is 11.3 Å². The molecule has 1 N–H and O–H groups in total. The van der Waals surface area contributed by atoms with E-state index in [-0.39, 0.29) is 12.5 Å². The number of hydrogen-bond donors (Lipinski definition) is 1. The van der Waals surface area contributed by atoms with Crippen molar-refractivity contribution in [3.8, 4) is 11.3 Å². The minimum absolute atomic E-state index is 0.0691. The Balaban J connectivity index is 1.97.